The van der Waals surface area contributed by atoms with Gasteiger partial charge >= 0.3 is 0 Å². The lowest BCUT2D eigenvalue weighted by atomic mass is 10.0. The van der Waals surface area contributed by atoms with Gasteiger partial charge in [-0.3, -0.25) is 14.0 Å². The van der Waals surface area contributed by atoms with Crippen molar-refractivity contribution >= 4 is 22.3 Å². The molecule has 0 aliphatic carbocycles. The van der Waals surface area contributed by atoms with Crippen molar-refractivity contribution in [2.24, 2.45) is 5.73 Å². The van der Waals surface area contributed by atoms with E-state index < -0.39 is 0 Å². The van der Waals surface area contributed by atoms with Crippen molar-refractivity contribution in [2.45, 2.75) is 13.1 Å². The number of benzene rings is 2. The summed E-state index contributed by atoms with van der Waals surface area (Å²) in [7, 11) is 0. The van der Waals surface area contributed by atoms with Gasteiger partial charge in [-0.2, -0.15) is 0 Å². The minimum atomic E-state index is -0.332. The number of H-pyrrole nitrogens is 1. The first-order valence-electron chi connectivity index (χ1n) is 8.08. The molecule has 26 heavy (non-hydrogen) atoms. The summed E-state index contributed by atoms with van der Waals surface area (Å²) < 4.78 is 1.55. The zero-order valence-corrected chi connectivity index (χ0v) is 13.8. The molecule has 8 heteroatoms. The number of nitrogens with zero attached hydrogens (tertiary/aromatic N) is 3. The van der Waals surface area contributed by atoms with Crippen LogP contribution in [0.3, 0.4) is 0 Å². The predicted molar refractivity (Wildman–Crippen MR) is 96.6 cm³/mol. The number of hydrogen-bond acceptors (Lipinski definition) is 5. The maximum absolute atomic E-state index is 12.5. The Hall–Kier alpha value is -3.52. The van der Waals surface area contributed by atoms with Gasteiger partial charge in [0.25, 0.3) is 11.5 Å². The van der Waals surface area contributed by atoms with Crippen LogP contribution in [0, 0.1) is 0 Å². The normalized spacial score (nSPS) is 11.1. The van der Waals surface area contributed by atoms with E-state index in [0.29, 0.717) is 17.9 Å². The number of rotatable bonds is 4. The second kappa shape index (κ2) is 6.41. The van der Waals surface area contributed by atoms with Crippen molar-refractivity contribution in [1.29, 1.82) is 0 Å². The molecule has 130 valence electrons. The first kappa shape index (κ1) is 16.0. The van der Waals surface area contributed by atoms with Crippen molar-refractivity contribution in [3.8, 4) is 0 Å². The number of aromatic amines is 1. The smallest absolute Gasteiger partial charge is 0.293 e. The average Bonchev–Trinajstić information content (AvgIpc) is 3.09. The van der Waals surface area contributed by atoms with Gasteiger partial charge in [-0.05, 0) is 28.5 Å². The Morgan fingerprint density at radius 3 is 2.96 bits per heavy atom. The number of nitrogens with two attached hydrogens (primary N) is 1. The van der Waals surface area contributed by atoms with Crippen molar-refractivity contribution in [1.82, 2.24) is 24.9 Å². The van der Waals surface area contributed by atoms with Crippen LogP contribution in [0.25, 0.3) is 16.4 Å². The van der Waals surface area contributed by atoms with E-state index in [0.717, 1.165) is 16.3 Å². The van der Waals surface area contributed by atoms with Crippen LogP contribution in [0.1, 0.15) is 21.7 Å². The highest BCUT2D eigenvalue weighted by Crippen LogP contribution is 2.20. The van der Waals surface area contributed by atoms with Crippen LogP contribution >= 0.6 is 0 Å². The molecule has 0 radical (unpaired) electrons. The number of carbonyl (C=O) groups excluding carboxylic acids is 1. The zero-order chi connectivity index (χ0) is 18.1. The van der Waals surface area contributed by atoms with Crippen LogP contribution in [0.4, 0.5) is 0 Å². The number of carbonyl (C=O) groups is 1. The fraction of sp³-hybridized carbons (Fsp3) is 0.111. The summed E-state index contributed by atoms with van der Waals surface area (Å²) in [6, 6.07) is 11.4. The van der Waals surface area contributed by atoms with Crippen LogP contribution in [0.2, 0.25) is 0 Å². The number of aromatic nitrogens is 4. The van der Waals surface area contributed by atoms with Crippen molar-refractivity contribution in [3.05, 3.63) is 76.1 Å². The molecule has 2 aromatic heterocycles. The van der Waals surface area contributed by atoms with E-state index in [-0.39, 0.29) is 23.7 Å². The van der Waals surface area contributed by atoms with E-state index in [1.807, 2.05) is 30.3 Å². The van der Waals surface area contributed by atoms with E-state index in [2.05, 4.69) is 20.5 Å². The monoisotopic (exact) mass is 348 g/mol. The van der Waals surface area contributed by atoms with Gasteiger partial charge in [-0.15, -0.1) is 10.2 Å². The van der Waals surface area contributed by atoms with E-state index in [4.69, 9.17) is 5.73 Å². The summed E-state index contributed by atoms with van der Waals surface area (Å²) in [4.78, 5) is 26.7. The molecule has 0 bridgehead atoms. The quantitative estimate of drug-likeness (QED) is 0.508. The summed E-state index contributed by atoms with van der Waals surface area (Å²) in [6.07, 6.45) is 3.14. The minimum absolute atomic E-state index is 0.153. The molecule has 0 aliphatic heterocycles. The van der Waals surface area contributed by atoms with Crippen LogP contribution in [0.5, 0.6) is 0 Å². The molecule has 0 saturated carbocycles. The Bertz CT molecular complexity index is 1180. The summed E-state index contributed by atoms with van der Waals surface area (Å²) in [5, 5.41) is 12.6. The molecule has 4 N–H and O–H groups in total. The van der Waals surface area contributed by atoms with Gasteiger partial charge in [0.15, 0.2) is 5.82 Å². The Balaban J connectivity index is 1.59. The van der Waals surface area contributed by atoms with Crippen LogP contribution < -0.4 is 16.6 Å². The third-order valence-electron chi connectivity index (χ3n) is 4.27. The van der Waals surface area contributed by atoms with Gasteiger partial charge < -0.3 is 16.0 Å². The van der Waals surface area contributed by atoms with Gasteiger partial charge in [-0.25, -0.2) is 0 Å². The van der Waals surface area contributed by atoms with E-state index >= 15 is 0 Å². The minimum Gasteiger partial charge on any atom is -0.345 e. The predicted octanol–water partition coefficient (Wildman–Crippen LogP) is 0.959. The van der Waals surface area contributed by atoms with Crippen LogP contribution in [-0.2, 0) is 13.1 Å². The maximum Gasteiger partial charge on any atom is 0.293 e. The number of nitrogens with one attached hydrogen (secondary N) is 2. The highest BCUT2D eigenvalue weighted by Gasteiger charge is 2.11. The SMILES string of the molecule is NCc1cccc2ccc(C(=O)NCc3nnc4c(=O)[nH]ccn34)cc12. The number of hydrogen-bond donors (Lipinski definition) is 3. The highest BCUT2D eigenvalue weighted by atomic mass is 16.1. The highest BCUT2D eigenvalue weighted by molar-refractivity contribution is 5.99. The molecular weight excluding hydrogens is 332 g/mol. The molecule has 0 atom stereocenters. The number of amides is 1. The van der Waals surface area contributed by atoms with Crippen molar-refractivity contribution < 1.29 is 4.79 Å². The molecule has 0 fully saturated rings. The average molecular weight is 348 g/mol. The van der Waals surface area contributed by atoms with Gasteiger partial charge in [0.2, 0.25) is 5.65 Å². The molecule has 0 saturated heterocycles. The molecule has 0 unspecified atom stereocenters. The summed E-state index contributed by atoms with van der Waals surface area (Å²) >= 11 is 0. The molecule has 0 spiro atoms. The Kier molecular flexibility index (Phi) is 3.94. The van der Waals surface area contributed by atoms with E-state index in [1.165, 1.54) is 6.20 Å². The largest absolute Gasteiger partial charge is 0.345 e. The summed E-state index contributed by atoms with van der Waals surface area (Å²) in [5.41, 5.74) is 7.16. The molecule has 2 aromatic carbocycles. The molecule has 2 heterocycles. The van der Waals surface area contributed by atoms with Gasteiger partial charge in [0.1, 0.15) is 0 Å². The van der Waals surface area contributed by atoms with Gasteiger partial charge in [-0.1, -0.05) is 24.3 Å². The van der Waals surface area contributed by atoms with E-state index in [1.54, 1.807) is 16.7 Å². The van der Waals surface area contributed by atoms with Crippen LogP contribution in [0.15, 0.2) is 53.6 Å². The first-order chi connectivity index (χ1) is 12.7. The Morgan fingerprint density at radius 2 is 2.12 bits per heavy atom. The zero-order valence-electron chi connectivity index (χ0n) is 13.8. The maximum atomic E-state index is 12.5. The van der Waals surface area contributed by atoms with Crippen molar-refractivity contribution in [3.63, 3.8) is 0 Å². The van der Waals surface area contributed by atoms with Crippen molar-refractivity contribution in [2.75, 3.05) is 0 Å². The summed E-state index contributed by atoms with van der Waals surface area (Å²) in [6.45, 7) is 0.558. The number of fused-ring (bicyclic) bond motifs is 2. The Morgan fingerprint density at radius 1 is 1.23 bits per heavy atom. The summed E-state index contributed by atoms with van der Waals surface area (Å²) in [5.74, 6) is 0.239. The molecule has 0 aliphatic rings. The fourth-order valence-electron chi connectivity index (χ4n) is 2.93. The lowest BCUT2D eigenvalue weighted by molar-refractivity contribution is 0.0950. The molecule has 4 rings (SSSR count). The molecule has 8 nitrogen and oxygen atoms in total. The second-order valence-corrected chi connectivity index (χ2v) is 5.84. The standard InChI is InChI=1S/C18H16N6O2/c19-9-13-3-1-2-11-4-5-12(8-14(11)13)17(25)21-10-15-22-23-16-18(26)20-6-7-24(15)16/h1-8H,9-10,19H2,(H,20,26)(H,21,25). The third kappa shape index (κ3) is 2.72. The lowest BCUT2D eigenvalue weighted by Gasteiger charge is -2.08. The van der Waals surface area contributed by atoms with Gasteiger partial charge in [0, 0.05) is 24.5 Å². The first-order valence-corrected chi connectivity index (χ1v) is 8.08. The molecule has 4 aromatic rings. The lowest BCUT2D eigenvalue weighted by Crippen LogP contribution is -2.24. The Labute approximate surface area is 147 Å². The topological polar surface area (TPSA) is 118 Å². The van der Waals surface area contributed by atoms with Gasteiger partial charge in [0.05, 0.1) is 6.54 Å². The fourth-order valence-corrected chi connectivity index (χ4v) is 2.93. The second-order valence-electron chi connectivity index (χ2n) is 5.84. The third-order valence-corrected chi connectivity index (χ3v) is 4.27. The van der Waals surface area contributed by atoms with E-state index in [9.17, 15) is 9.59 Å². The molecule has 1 amide bonds. The molecular formula is C18H16N6O2. The van der Waals surface area contributed by atoms with Crippen LogP contribution in [-0.4, -0.2) is 25.5 Å².